The van der Waals surface area contributed by atoms with Crippen molar-refractivity contribution in [1.29, 1.82) is 0 Å². The van der Waals surface area contributed by atoms with Crippen molar-refractivity contribution in [3.63, 3.8) is 0 Å². The molecule has 1 unspecified atom stereocenters. The predicted molar refractivity (Wildman–Crippen MR) is 94.2 cm³/mol. The molecule has 6 nitrogen and oxygen atoms in total. The van der Waals surface area contributed by atoms with E-state index in [0.717, 1.165) is 22.9 Å². The van der Waals surface area contributed by atoms with Crippen LogP contribution in [0, 0.1) is 6.92 Å². The molecule has 0 fully saturated rings. The average molecular weight is 326 g/mol. The lowest BCUT2D eigenvalue weighted by atomic mass is 10.1. The van der Waals surface area contributed by atoms with Crippen molar-refractivity contribution < 1.29 is 4.79 Å². The highest BCUT2D eigenvalue weighted by atomic mass is 16.2. The summed E-state index contributed by atoms with van der Waals surface area (Å²) in [5, 5.41) is 8.45. The van der Waals surface area contributed by atoms with Gasteiger partial charge in [0.25, 0.3) is 0 Å². The third kappa shape index (κ3) is 2.79. The lowest BCUT2D eigenvalue weighted by molar-refractivity contribution is -0.121. The maximum absolute atomic E-state index is 12.9. The highest BCUT2D eigenvalue weighted by molar-refractivity contribution is 5.83. The fourth-order valence-corrected chi connectivity index (χ4v) is 2.93. The maximum atomic E-state index is 12.9. The molecule has 3 aromatic rings. The van der Waals surface area contributed by atoms with Crippen LogP contribution in [-0.2, 0) is 11.3 Å². The number of aryl methyl sites for hydroxylation is 1. The molecule has 0 aliphatic carbocycles. The molecule has 0 aliphatic heterocycles. The number of hydrogen-bond acceptors (Lipinski definition) is 3. The molecular formula is C18H22N4O2. The first-order chi connectivity index (χ1) is 11.5. The van der Waals surface area contributed by atoms with Gasteiger partial charge in [0.15, 0.2) is 5.65 Å². The van der Waals surface area contributed by atoms with Crippen LogP contribution in [0.2, 0.25) is 0 Å². The van der Waals surface area contributed by atoms with Gasteiger partial charge < -0.3 is 5.32 Å². The number of nitrogens with one attached hydrogen (secondary N) is 1. The van der Waals surface area contributed by atoms with Gasteiger partial charge in [-0.25, -0.2) is 13.9 Å². The van der Waals surface area contributed by atoms with Crippen LogP contribution in [0.15, 0.2) is 35.1 Å². The monoisotopic (exact) mass is 326 g/mol. The molecule has 0 radical (unpaired) electrons. The normalized spacial score (nSPS) is 12.6. The zero-order valence-corrected chi connectivity index (χ0v) is 14.2. The quantitative estimate of drug-likeness (QED) is 0.782. The summed E-state index contributed by atoms with van der Waals surface area (Å²) in [5.41, 5.74) is 2.29. The average Bonchev–Trinajstić information content (AvgIpc) is 2.92. The fourth-order valence-electron chi connectivity index (χ4n) is 2.93. The summed E-state index contributed by atoms with van der Waals surface area (Å²) in [4.78, 5) is 24.5. The molecule has 1 aromatic carbocycles. The van der Waals surface area contributed by atoms with Gasteiger partial charge in [0.1, 0.15) is 0 Å². The summed E-state index contributed by atoms with van der Waals surface area (Å²) in [6, 6.07) is 9.71. The fraction of sp³-hybridized carbons (Fsp3) is 0.389. The number of hydrogen-bond donors (Lipinski definition) is 1. The summed E-state index contributed by atoms with van der Waals surface area (Å²) >= 11 is 0. The van der Waals surface area contributed by atoms with Crippen LogP contribution in [0.1, 0.15) is 32.3 Å². The van der Waals surface area contributed by atoms with Gasteiger partial charge in [-0.15, -0.1) is 5.10 Å². The Balaban J connectivity index is 2.08. The third-order valence-electron chi connectivity index (χ3n) is 4.31. The number of carbonyl (C=O) groups is 1. The first kappa shape index (κ1) is 16.2. The number of carbonyl (C=O) groups excluding carboxylic acids is 1. The molecule has 24 heavy (non-hydrogen) atoms. The van der Waals surface area contributed by atoms with E-state index in [1.807, 2.05) is 51.1 Å². The first-order valence-electron chi connectivity index (χ1n) is 8.32. The molecule has 0 aliphatic rings. The van der Waals surface area contributed by atoms with Crippen molar-refractivity contribution in [3.8, 4) is 0 Å². The third-order valence-corrected chi connectivity index (χ3v) is 4.31. The largest absolute Gasteiger partial charge is 0.352 e. The van der Waals surface area contributed by atoms with E-state index in [2.05, 4.69) is 10.4 Å². The van der Waals surface area contributed by atoms with Crippen LogP contribution >= 0.6 is 0 Å². The Kier molecular flexibility index (Phi) is 4.38. The minimum absolute atomic E-state index is 0.0136. The molecule has 2 aromatic heterocycles. The molecule has 6 heteroatoms. The number of fused-ring (bicyclic) bond motifs is 3. The van der Waals surface area contributed by atoms with Gasteiger partial charge in [0, 0.05) is 12.5 Å². The summed E-state index contributed by atoms with van der Waals surface area (Å²) in [6.45, 7) is 6.13. The van der Waals surface area contributed by atoms with E-state index in [-0.39, 0.29) is 17.6 Å². The zero-order valence-electron chi connectivity index (χ0n) is 14.2. The van der Waals surface area contributed by atoms with E-state index in [0.29, 0.717) is 18.6 Å². The topological polar surface area (TPSA) is 68.4 Å². The van der Waals surface area contributed by atoms with Crippen LogP contribution in [-0.4, -0.2) is 26.1 Å². The SMILES string of the molecule is CCC(=O)NC(CC)Cn1nc2c(C)cc3ccccc3n2c1=O. The van der Waals surface area contributed by atoms with Crippen molar-refractivity contribution in [1.82, 2.24) is 19.5 Å². The highest BCUT2D eigenvalue weighted by Gasteiger charge is 2.16. The van der Waals surface area contributed by atoms with Crippen LogP contribution < -0.4 is 11.0 Å². The second kappa shape index (κ2) is 6.47. The molecule has 1 N–H and O–H groups in total. The number of nitrogens with zero attached hydrogens (tertiary/aromatic N) is 3. The molecule has 0 saturated heterocycles. The Bertz CT molecular complexity index is 955. The second-order valence-corrected chi connectivity index (χ2v) is 6.04. The Morgan fingerprint density at radius 2 is 2.04 bits per heavy atom. The van der Waals surface area contributed by atoms with Gasteiger partial charge in [0.05, 0.1) is 12.1 Å². The van der Waals surface area contributed by atoms with Gasteiger partial charge >= 0.3 is 5.69 Å². The smallest absolute Gasteiger partial charge is 0.350 e. The summed E-state index contributed by atoms with van der Waals surface area (Å²) in [6.07, 6.45) is 1.17. The van der Waals surface area contributed by atoms with Crippen molar-refractivity contribution >= 4 is 22.5 Å². The Hall–Kier alpha value is -2.63. The number of amides is 1. The second-order valence-electron chi connectivity index (χ2n) is 6.04. The van der Waals surface area contributed by atoms with Gasteiger partial charge in [0.2, 0.25) is 5.91 Å². The lowest BCUT2D eigenvalue weighted by Gasteiger charge is -2.15. The maximum Gasteiger partial charge on any atom is 0.350 e. The van der Waals surface area contributed by atoms with Crippen molar-refractivity contribution in [2.45, 2.75) is 46.2 Å². The molecular weight excluding hydrogens is 304 g/mol. The van der Waals surface area contributed by atoms with Crippen molar-refractivity contribution in [3.05, 3.63) is 46.4 Å². The Morgan fingerprint density at radius 1 is 1.29 bits per heavy atom. The van der Waals surface area contributed by atoms with E-state index >= 15 is 0 Å². The molecule has 3 rings (SSSR count). The van der Waals surface area contributed by atoms with Crippen LogP contribution in [0.3, 0.4) is 0 Å². The highest BCUT2D eigenvalue weighted by Crippen LogP contribution is 2.18. The van der Waals surface area contributed by atoms with E-state index < -0.39 is 0 Å². The van der Waals surface area contributed by atoms with Crippen LogP contribution in [0.4, 0.5) is 0 Å². The van der Waals surface area contributed by atoms with Crippen molar-refractivity contribution in [2.24, 2.45) is 0 Å². The number of pyridine rings is 1. The number of para-hydroxylation sites is 1. The van der Waals surface area contributed by atoms with Crippen LogP contribution in [0.25, 0.3) is 16.6 Å². The summed E-state index contributed by atoms with van der Waals surface area (Å²) < 4.78 is 3.11. The number of aromatic nitrogens is 3. The van der Waals surface area contributed by atoms with Gasteiger partial charge in [-0.05, 0) is 36.4 Å². The molecule has 0 saturated carbocycles. The minimum atomic E-state index is -0.172. The van der Waals surface area contributed by atoms with Gasteiger partial charge in [-0.3, -0.25) is 4.79 Å². The molecule has 1 amide bonds. The van der Waals surface area contributed by atoms with E-state index in [1.165, 1.54) is 4.68 Å². The molecule has 0 bridgehead atoms. The standard InChI is InChI=1S/C18H22N4O2/c1-4-14(19-16(23)5-2)11-21-18(24)22-15-9-7-6-8-13(15)10-12(3)17(22)20-21/h6-10,14H,4-5,11H2,1-3H3,(H,19,23). The Labute approximate surface area is 140 Å². The van der Waals surface area contributed by atoms with Gasteiger partial charge in [-0.2, -0.15) is 0 Å². The Morgan fingerprint density at radius 3 is 2.75 bits per heavy atom. The molecule has 0 spiro atoms. The first-order valence-corrected chi connectivity index (χ1v) is 8.32. The zero-order chi connectivity index (χ0) is 17.3. The minimum Gasteiger partial charge on any atom is -0.352 e. The van der Waals surface area contributed by atoms with E-state index in [1.54, 1.807) is 4.40 Å². The van der Waals surface area contributed by atoms with Crippen LogP contribution in [0.5, 0.6) is 0 Å². The number of rotatable bonds is 5. The lowest BCUT2D eigenvalue weighted by Crippen LogP contribution is -2.39. The summed E-state index contributed by atoms with van der Waals surface area (Å²) in [7, 11) is 0. The van der Waals surface area contributed by atoms with E-state index in [9.17, 15) is 9.59 Å². The molecule has 2 heterocycles. The molecule has 1 atom stereocenters. The number of benzene rings is 1. The van der Waals surface area contributed by atoms with E-state index in [4.69, 9.17) is 0 Å². The predicted octanol–water partition coefficient (Wildman–Crippen LogP) is 2.26. The van der Waals surface area contributed by atoms with Crippen molar-refractivity contribution in [2.75, 3.05) is 0 Å². The van der Waals surface area contributed by atoms with Gasteiger partial charge in [-0.1, -0.05) is 32.0 Å². The summed E-state index contributed by atoms with van der Waals surface area (Å²) in [5.74, 6) is -0.0136. The molecule has 126 valence electrons.